The lowest BCUT2D eigenvalue weighted by Gasteiger charge is -2.06. The van der Waals surface area contributed by atoms with Crippen molar-refractivity contribution in [3.05, 3.63) is 44.2 Å². The fourth-order valence-electron chi connectivity index (χ4n) is 2.12. The van der Waals surface area contributed by atoms with Crippen molar-refractivity contribution in [3.8, 4) is 0 Å². The van der Waals surface area contributed by atoms with Crippen LogP contribution >= 0.6 is 15.9 Å². The molecule has 0 aliphatic heterocycles. The number of aryl methyl sites for hydroxylation is 1. The van der Waals surface area contributed by atoms with Crippen molar-refractivity contribution in [1.29, 1.82) is 0 Å². The summed E-state index contributed by atoms with van der Waals surface area (Å²) in [4.78, 5) is 15.4. The first-order valence-electron chi connectivity index (χ1n) is 5.48. The number of hydrogen-bond donors (Lipinski definition) is 1. The number of hydrogen-bond acceptors (Lipinski definition) is 1. The highest BCUT2D eigenvalue weighted by atomic mass is 79.9. The summed E-state index contributed by atoms with van der Waals surface area (Å²) < 4.78 is 0.960. The van der Waals surface area contributed by atoms with Crippen LogP contribution in [0, 0.1) is 6.92 Å². The van der Waals surface area contributed by atoms with Gasteiger partial charge in [-0.1, -0.05) is 15.9 Å². The molecule has 3 heteroatoms. The highest BCUT2D eigenvalue weighted by Gasteiger charge is 2.25. The lowest BCUT2D eigenvalue weighted by Crippen LogP contribution is -2.05. The first-order valence-corrected chi connectivity index (χ1v) is 6.27. The van der Waals surface area contributed by atoms with Crippen molar-refractivity contribution in [3.63, 3.8) is 0 Å². The van der Waals surface area contributed by atoms with Crippen molar-refractivity contribution in [2.45, 2.75) is 25.7 Å². The number of benzene rings is 1. The van der Waals surface area contributed by atoms with Gasteiger partial charge in [-0.25, -0.2) is 0 Å². The lowest BCUT2D eigenvalue weighted by atomic mass is 10.1. The fraction of sp³-hybridized carbons (Fsp3) is 0.308. The molecule has 0 saturated heterocycles. The van der Waals surface area contributed by atoms with E-state index in [1.165, 1.54) is 12.8 Å². The van der Waals surface area contributed by atoms with Gasteiger partial charge >= 0.3 is 0 Å². The Hall–Kier alpha value is -1.09. The third kappa shape index (κ3) is 1.59. The summed E-state index contributed by atoms with van der Waals surface area (Å²) in [5.74, 6) is 0.583. The molecule has 0 unspecified atom stereocenters. The van der Waals surface area contributed by atoms with Gasteiger partial charge in [0.2, 0.25) is 0 Å². The van der Waals surface area contributed by atoms with E-state index in [-0.39, 0.29) is 5.43 Å². The third-order valence-corrected chi connectivity index (χ3v) is 3.60. The van der Waals surface area contributed by atoms with Gasteiger partial charge in [-0.2, -0.15) is 0 Å². The quantitative estimate of drug-likeness (QED) is 0.851. The van der Waals surface area contributed by atoms with E-state index < -0.39 is 0 Å². The van der Waals surface area contributed by atoms with Gasteiger partial charge in [-0.15, -0.1) is 0 Å². The van der Waals surface area contributed by atoms with Crippen molar-refractivity contribution in [2.75, 3.05) is 0 Å². The van der Waals surface area contributed by atoms with Gasteiger partial charge in [-0.3, -0.25) is 4.79 Å². The summed E-state index contributed by atoms with van der Waals surface area (Å²) in [6.45, 7) is 2.03. The van der Waals surface area contributed by atoms with Crippen LogP contribution in [0.25, 0.3) is 10.9 Å². The van der Waals surface area contributed by atoms with Gasteiger partial charge in [0.15, 0.2) is 5.43 Å². The molecule has 1 N–H and O–H groups in total. The molecule has 0 spiro atoms. The molecule has 1 aliphatic rings. The molecule has 16 heavy (non-hydrogen) atoms. The van der Waals surface area contributed by atoms with Gasteiger partial charge in [0.05, 0.1) is 5.52 Å². The highest BCUT2D eigenvalue weighted by Crippen LogP contribution is 2.39. The molecule has 1 saturated carbocycles. The molecule has 2 aromatic rings. The van der Waals surface area contributed by atoms with Crippen molar-refractivity contribution in [2.24, 2.45) is 0 Å². The Bertz CT molecular complexity index is 626. The molecule has 3 rings (SSSR count). The van der Waals surface area contributed by atoms with Gasteiger partial charge in [0.1, 0.15) is 0 Å². The van der Waals surface area contributed by atoms with Crippen LogP contribution in [-0.4, -0.2) is 4.98 Å². The number of nitrogens with one attached hydrogen (secondary N) is 1. The number of H-pyrrole nitrogens is 1. The molecule has 1 aliphatic carbocycles. The van der Waals surface area contributed by atoms with E-state index in [1.807, 2.05) is 19.1 Å². The normalized spacial score (nSPS) is 15.6. The molecule has 0 amide bonds. The molecular formula is C13H12BrNO. The van der Waals surface area contributed by atoms with E-state index in [1.54, 1.807) is 6.07 Å². The van der Waals surface area contributed by atoms with Crippen LogP contribution in [-0.2, 0) is 0 Å². The second-order valence-corrected chi connectivity index (χ2v) is 5.42. The van der Waals surface area contributed by atoms with Gasteiger partial charge < -0.3 is 4.98 Å². The summed E-state index contributed by atoms with van der Waals surface area (Å²) in [5.41, 5.74) is 3.32. The Morgan fingerprint density at radius 3 is 2.75 bits per heavy atom. The van der Waals surface area contributed by atoms with E-state index in [0.717, 1.165) is 26.6 Å². The van der Waals surface area contributed by atoms with Crippen LogP contribution in [0.15, 0.2) is 27.5 Å². The Morgan fingerprint density at radius 2 is 2.06 bits per heavy atom. The van der Waals surface area contributed by atoms with Crippen molar-refractivity contribution >= 4 is 26.8 Å². The predicted octanol–water partition coefficient (Wildman–Crippen LogP) is 3.48. The molecule has 1 fully saturated rings. The molecule has 0 atom stereocenters. The number of halogens is 1. The standard InChI is InChI=1S/C13H12BrNO/c1-7-4-9(14)5-10-12(16)6-11(8-2-3-8)15-13(7)10/h4-6,8H,2-3H2,1H3,(H,15,16). The van der Waals surface area contributed by atoms with Gasteiger partial charge in [0, 0.05) is 21.6 Å². The topological polar surface area (TPSA) is 32.9 Å². The monoisotopic (exact) mass is 277 g/mol. The van der Waals surface area contributed by atoms with E-state index in [4.69, 9.17) is 0 Å². The smallest absolute Gasteiger partial charge is 0.189 e. The van der Waals surface area contributed by atoms with E-state index in [9.17, 15) is 4.79 Å². The zero-order chi connectivity index (χ0) is 11.3. The molecule has 82 valence electrons. The van der Waals surface area contributed by atoms with Gasteiger partial charge in [0.25, 0.3) is 0 Å². The minimum atomic E-state index is 0.125. The maximum atomic E-state index is 12.0. The first-order chi connectivity index (χ1) is 7.65. The highest BCUT2D eigenvalue weighted by molar-refractivity contribution is 9.10. The van der Waals surface area contributed by atoms with Crippen LogP contribution in [0.1, 0.15) is 30.0 Å². The Labute approximate surface area is 102 Å². The summed E-state index contributed by atoms with van der Waals surface area (Å²) >= 11 is 3.42. The average Bonchev–Trinajstić information content (AvgIpc) is 3.02. The number of pyridine rings is 1. The molecule has 1 aromatic carbocycles. The number of aromatic nitrogens is 1. The molecule has 2 nitrogen and oxygen atoms in total. The fourth-order valence-corrected chi connectivity index (χ4v) is 2.69. The molecule has 0 bridgehead atoms. The van der Waals surface area contributed by atoms with Gasteiger partial charge in [-0.05, 0) is 43.4 Å². The number of fused-ring (bicyclic) bond motifs is 1. The van der Waals surface area contributed by atoms with E-state index in [0.29, 0.717) is 5.92 Å². The molecule has 1 aromatic heterocycles. The molecule has 1 heterocycles. The van der Waals surface area contributed by atoms with Crippen LogP contribution in [0.4, 0.5) is 0 Å². The Balaban J connectivity index is 2.37. The minimum Gasteiger partial charge on any atom is -0.358 e. The Morgan fingerprint density at radius 1 is 1.31 bits per heavy atom. The van der Waals surface area contributed by atoms with Crippen molar-refractivity contribution in [1.82, 2.24) is 4.98 Å². The van der Waals surface area contributed by atoms with E-state index in [2.05, 4.69) is 20.9 Å². The first kappa shape index (κ1) is 10.1. The lowest BCUT2D eigenvalue weighted by molar-refractivity contribution is 1.04. The zero-order valence-corrected chi connectivity index (χ0v) is 10.6. The third-order valence-electron chi connectivity index (χ3n) is 3.14. The zero-order valence-electron chi connectivity index (χ0n) is 9.01. The van der Waals surface area contributed by atoms with E-state index >= 15 is 0 Å². The number of aromatic amines is 1. The summed E-state index contributed by atoms with van der Waals surface area (Å²) in [5, 5.41) is 0.774. The largest absolute Gasteiger partial charge is 0.358 e. The minimum absolute atomic E-state index is 0.125. The second kappa shape index (κ2) is 3.45. The maximum Gasteiger partial charge on any atom is 0.189 e. The average molecular weight is 278 g/mol. The maximum absolute atomic E-state index is 12.0. The summed E-state index contributed by atoms with van der Waals surface area (Å²) in [6, 6.07) is 5.68. The SMILES string of the molecule is Cc1cc(Br)cc2c(=O)cc(C3CC3)[nH]c12. The van der Waals surface area contributed by atoms with Crippen LogP contribution in [0.5, 0.6) is 0 Å². The predicted molar refractivity (Wildman–Crippen MR) is 69.0 cm³/mol. The summed E-state index contributed by atoms with van der Waals surface area (Å²) in [7, 11) is 0. The number of rotatable bonds is 1. The molecule has 0 radical (unpaired) electrons. The van der Waals surface area contributed by atoms with Crippen LogP contribution < -0.4 is 5.43 Å². The van der Waals surface area contributed by atoms with Crippen molar-refractivity contribution < 1.29 is 0 Å². The van der Waals surface area contributed by atoms with Crippen LogP contribution in [0.2, 0.25) is 0 Å². The molecular weight excluding hydrogens is 266 g/mol. The Kier molecular flexibility index (Phi) is 2.18. The second-order valence-electron chi connectivity index (χ2n) is 4.51. The summed E-state index contributed by atoms with van der Waals surface area (Å²) in [6.07, 6.45) is 2.41. The van der Waals surface area contributed by atoms with Crippen LogP contribution in [0.3, 0.4) is 0 Å².